The van der Waals surface area contributed by atoms with E-state index < -0.39 is 0 Å². The van der Waals surface area contributed by atoms with Crippen LogP contribution in [0.2, 0.25) is 0 Å². The van der Waals surface area contributed by atoms with Crippen LogP contribution in [-0.2, 0) is 0 Å². The molecule has 3 heteroatoms. The minimum Gasteiger partial charge on any atom is -0.355 e. The summed E-state index contributed by atoms with van der Waals surface area (Å²) in [6.07, 6.45) is 0. The molecule has 1 rings (SSSR count). The second-order valence-corrected chi connectivity index (χ2v) is 3.80. The topological polar surface area (TPSA) is 29.1 Å². The molecule has 13 heavy (non-hydrogen) atoms. The Hall–Kier alpha value is -0.830. The molecule has 2 nitrogen and oxygen atoms in total. The SMILES string of the molecule is CNC(=O)c1cc(C)c(Br)c(C)c1. The van der Waals surface area contributed by atoms with Crippen molar-refractivity contribution >= 4 is 21.8 Å². The maximum Gasteiger partial charge on any atom is 0.251 e. The summed E-state index contributed by atoms with van der Waals surface area (Å²) in [6.45, 7) is 3.95. The van der Waals surface area contributed by atoms with Crippen molar-refractivity contribution in [2.45, 2.75) is 13.8 Å². The maximum atomic E-state index is 11.3. The van der Waals surface area contributed by atoms with Gasteiger partial charge in [-0.05, 0) is 37.1 Å². The van der Waals surface area contributed by atoms with Gasteiger partial charge >= 0.3 is 0 Å². The summed E-state index contributed by atoms with van der Waals surface area (Å²) in [7, 11) is 1.63. The predicted molar refractivity (Wildman–Crippen MR) is 57.0 cm³/mol. The Morgan fingerprint density at radius 2 is 1.77 bits per heavy atom. The lowest BCUT2D eigenvalue weighted by molar-refractivity contribution is 0.0963. The summed E-state index contributed by atoms with van der Waals surface area (Å²) in [5.41, 5.74) is 2.87. The molecule has 0 unspecified atom stereocenters. The van der Waals surface area contributed by atoms with Crippen LogP contribution in [0.4, 0.5) is 0 Å². The van der Waals surface area contributed by atoms with Crippen molar-refractivity contribution in [2.75, 3.05) is 7.05 Å². The standard InChI is InChI=1S/C10H12BrNO/c1-6-4-8(10(13)12-3)5-7(2)9(6)11/h4-5H,1-3H3,(H,12,13). The molecule has 0 aliphatic carbocycles. The molecular weight excluding hydrogens is 230 g/mol. The molecule has 0 saturated heterocycles. The molecule has 0 heterocycles. The summed E-state index contributed by atoms with van der Waals surface area (Å²) in [5.74, 6) is -0.0429. The van der Waals surface area contributed by atoms with Crippen LogP contribution in [-0.4, -0.2) is 13.0 Å². The molecule has 1 aromatic rings. The fourth-order valence-corrected chi connectivity index (χ4v) is 1.45. The highest BCUT2D eigenvalue weighted by Crippen LogP contribution is 2.22. The number of benzene rings is 1. The van der Waals surface area contributed by atoms with Gasteiger partial charge in [0.25, 0.3) is 5.91 Å². The smallest absolute Gasteiger partial charge is 0.251 e. The van der Waals surface area contributed by atoms with Gasteiger partial charge in [-0.3, -0.25) is 4.79 Å². The summed E-state index contributed by atoms with van der Waals surface area (Å²) in [6, 6.07) is 3.74. The van der Waals surface area contributed by atoms with Crippen LogP contribution in [0.1, 0.15) is 21.5 Å². The Balaban J connectivity index is 3.20. The number of halogens is 1. The van der Waals surface area contributed by atoms with Crippen LogP contribution in [0.5, 0.6) is 0 Å². The molecule has 0 bridgehead atoms. The fourth-order valence-electron chi connectivity index (χ4n) is 1.22. The van der Waals surface area contributed by atoms with E-state index in [4.69, 9.17) is 0 Å². The zero-order valence-corrected chi connectivity index (χ0v) is 9.53. The van der Waals surface area contributed by atoms with Crippen molar-refractivity contribution in [3.05, 3.63) is 33.3 Å². The van der Waals surface area contributed by atoms with Gasteiger partial charge in [-0.15, -0.1) is 0 Å². The highest BCUT2D eigenvalue weighted by atomic mass is 79.9. The quantitative estimate of drug-likeness (QED) is 0.805. The van der Waals surface area contributed by atoms with E-state index in [1.54, 1.807) is 7.05 Å². The average Bonchev–Trinajstić information content (AvgIpc) is 2.12. The van der Waals surface area contributed by atoms with E-state index in [1.165, 1.54) is 0 Å². The number of nitrogens with one attached hydrogen (secondary N) is 1. The van der Waals surface area contributed by atoms with E-state index in [9.17, 15) is 4.79 Å². The molecule has 70 valence electrons. The highest BCUT2D eigenvalue weighted by molar-refractivity contribution is 9.10. The van der Waals surface area contributed by atoms with Gasteiger partial charge in [-0.2, -0.15) is 0 Å². The fraction of sp³-hybridized carbons (Fsp3) is 0.300. The number of amides is 1. The number of carbonyl (C=O) groups excluding carboxylic acids is 1. The van der Waals surface area contributed by atoms with Crippen molar-refractivity contribution in [2.24, 2.45) is 0 Å². The van der Waals surface area contributed by atoms with E-state index in [1.807, 2.05) is 26.0 Å². The first-order valence-electron chi connectivity index (χ1n) is 4.05. The van der Waals surface area contributed by atoms with Crippen LogP contribution in [0.25, 0.3) is 0 Å². The van der Waals surface area contributed by atoms with Gasteiger partial charge in [0, 0.05) is 17.1 Å². The molecule has 0 spiro atoms. The van der Waals surface area contributed by atoms with E-state index in [0.717, 1.165) is 15.6 Å². The molecule has 0 aromatic heterocycles. The monoisotopic (exact) mass is 241 g/mol. The first-order valence-corrected chi connectivity index (χ1v) is 4.84. The van der Waals surface area contributed by atoms with E-state index in [-0.39, 0.29) is 5.91 Å². The Labute approximate surface area is 86.5 Å². The van der Waals surface area contributed by atoms with Crippen molar-refractivity contribution in [1.82, 2.24) is 5.32 Å². The average molecular weight is 242 g/mol. The van der Waals surface area contributed by atoms with Gasteiger partial charge in [-0.1, -0.05) is 15.9 Å². The van der Waals surface area contributed by atoms with E-state index in [0.29, 0.717) is 5.56 Å². The number of hydrogen-bond acceptors (Lipinski definition) is 1. The Morgan fingerprint density at radius 3 is 2.15 bits per heavy atom. The molecule has 0 saturated carbocycles. The summed E-state index contributed by atoms with van der Waals surface area (Å²) >= 11 is 3.45. The first-order chi connectivity index (χ1) is 6.06. The summed E-state index contributed by atoms with van der Waals surface area (Å²) in [4.78, 5) is 11.3. The normalized spacial score (nSPS) is 9.85. The van der Waals surface area contributed by atoms with Gasteiger partial charge in [-0.25, -0.2) is 0 Å². The zero-order chi connectivity index (χ0) is 10.0. The summed E-state index contributed by atoms with van der Waals surface area (Å²) < 4.78 is 1.07. The van der Waals surface area contributed by atoms with Crippen molar-refractivity contribution in [1.29, 1.82) is 0 Å². The van der Waals surface area contributed by atoms with E-state index >= 15 is 0 Å². The third kappa shape index (κ3) is 2.10. The molecule has 0 aliphatic heterocycles. The second kappa shape index (κ2) is 3.92. The molecule has 0 radical (unpaired) electrons. The maximum absolute atomic E-state index is 11.3. The lowest BCUT2D eigenvalue weighted by Crippen LogP contribution is -2.18. The predicted octanol–water partition coefficient (Wildman–Crippen LogP) is 2.43. The van der Waals surface area contributed by atoms with Crippen molar-refractivity contribution < 1.29 is 4.79 Å². The van der Waals surface area contributed by atoms with Crippen molar-refractivity contribution in [3.8, 4) is 0 Å². The van der Waals surface area contributed by atoms with Crippen LogP contribution >= 0.6 is 15.9 Å². The van der Waals surface area contributed by atoms with Crippen LogP contribution < -0.4 is 5.32 Å². The third-order valence-corrected chi connectivity index (χ3v) is 3.18. The number of rotatable bonds is 1. The number of carbonyl (C=O) groups is 1. The lowest BCUT2D eigenvalue weighted by Gasteiger charge is -2.06. The van der Waals surface area contributed by atoms with Gasteiger partial charge in [0.15, 0.2) is 0 Å². The minimum atomic E-state index is -0.0429. The molecule has 1 amide bonds. The Morgan fingerprint density at radius 1 is 1.31 bits per heavy atom. The van der Waals surface area contributed by atoms with Crippen LogP contribution in [0, 0.1) is 13.8 Å². The van der Waals surface area contributed by atoms with Crippen molar-refractivity contribution in [3.63, 3.8) is 0 Å². The summed E-state index contributed by atoms with van der Waals surface area (Å²) in [5, 5.41) is 2.60. The minimum absolute atomic E-state index is 0.0429. The Kier molecular flexibility index (Phi) is 3.09. The molecule has 0 aliphatic rings. The molecule has 0 fully saturated rings. The molecule has 1 aromatic carbocycles. The Bertz CT molecular complexity index is 324. The van der Waals surface area contributed by atoms with E-state index in [2.05, 4.69) is 21.2 Å². The zero-order valence-electron chi connectivity index (χ0n) is 7.94. The lowest BCUT2D eigenvalue weighted by atomic mass is 10.1. The van der Waals surface area contributed by atoms with Gasteiger partial charge in [0.05, 0.1) is 0 Å². The highest BCUT2D eigenvalue weighted by Gasteiger charge is 2.07. The molecule has 1 N–H and O–H groups in total. The second-order valence-electron chi connectivity index (χ2n) is 3.00. The number of aryl methyl sites for hydroxylation is 2. The van der Waals surface area contributed by atoms with Crippen LogP contribution in [0.15, 0.2) is 16.6 Å². The first kappa shape index (κ1) is 10.3. The van der Waals surface area contributed by atoms with Gasteiger partial charge in [0.2, 0.25) is 0 Å². The van der Waals surface area contributed by atoms with Gasteiger partial charge < -0.3 is 5.32 Å². The number of hydrogen-bond donors (Lipinski definition) is 1. The largest absolute Gasteiger partial charge is 0.355 e. The molecular formula is C10H12BrNO. The van der Waals surface area contributed by atoms with Gasteiger partial charge in [0.1, 0.15) is 0 Å². The van der Waals surface area contributed by atoms with Crippen LogP contribution in [0.3, 0.4) is 0 Å². The molecule has 0 atom stereocenters. The third-order valence-electron chi connectivity index (χ3n) is 1.93.